The van der Waals surface area contributed by atoms with Crippen molar-refractivity contribution in [1.82, 2.24) is 15.3 Å². The van der Waals surface area contributed by atoms with E-state index in [2.05, 4.69) is 15.3 Å². The fourth-order valence-corrected chi connectivity index (χ4v) is 5.02. The van der Waals surface area contributed by atoms with Gasteiger partial charge in [-0.3, -0.25) is 4.79 Å². The van der Waals surface area contributed by atoms with E-state index in [0.717, 1.165) is 29.3 Å². The number of amides is 1. The van der Waals surface area contributed by atoms with Gasteiger partial charge in [-0.1, -0.05) is 41.9 Å². The van der Waals surface area contributed by atoms with Gasteiger partial charge in [0, 0.05) is 22.3 Å². The summed E-state index contributed by atoms with van der Waals surface area (Å²) in [4.78, 5) is 21.4. The second kappa shape index (κ2) is 7.57. The van der Waals surface area contributed by atoms with Crippen LogP contribution >= 0.6 is 23.4 Å². The molecule has 2 aromatic rings. The van der Waals surface area contributed by atoms with Crippen molar-refractivity contribution in [2.75, 3.05) is 5.75 Å². The third-order valence-electron chi connectivity index (χ3n) is 5.39. The molecule has 2 saturated carbocycles. The highest BCUT2D eigenvalue weighted by Crippen LogP contribution is 2.44. The fourth-order valence-electron chi connectivity index (χ4n) is 4.17. The summed E-state index contributed by atoms with van der Waals surface area (Å²) in [7, 11) is 0. The Kier molecular flexibility index (Phi) is 5.18. The maximum atomic E-state index is 12.3. The van der Waals surface area contributed by atoms with Gasteiger partial charge >= 0.3 is 0 Å². The number of halogens is 1. The van der Waals surface area contributed by atoms with Gasteiger partial charge in [0.15, 0.2) is 5.16 Å². The number of aromatic nitrogens is 2. The lowest BCUT2D eigenvalue weighted by Crippen LogP contribution is -2.39. The van der Waals surface area contributed by atoms with E-state index in [1.54, 1.807) is 0 Å². The lowest BCUT2D eigenvalue weighted by atomic mass is 9.95. The molecule has 1 amide bonds. The first-order chi connectivity index (χ1) is 12.6. The molecule has 136 valence electrons. The highest BCUT2D eigenvalue weighted by Gasteiger charge is 2.39. The minimum Gasteiger partial charge on any atom is -0.352 e. The largest absolute Gasteiger partial charge is 0.352 e. The first-order valence-electron chi connectivity index (χ1n) is 9.10. The first kappa shape index (κ1) is 17.8. The van der Waals surface area contributed by atoms with Crippen LogP contribution in [-0.4, -0.2) is 27.7 Å². The number of benzene rings is 1. The molecular weight excluding hydrogens is 366 g/mol. The number of hydrogen-bond acceptors (Lipinski definition) is 4. The minimum absolute atomic E-state index is 0.0886. The Hall–Kier alpha value is -1.59. The molecule has 1 N–H and O–H groups in total. The van der Waals surface area contributed by atoms with Crippen molar-refractivity contribution >= 4 is 29.3 Å². The van der Waals surface area contributed by atoms with E-state index in [-0.39, 0.29) is 5.91 Å². The summed E-state index contributed by atoms with van der Waals surface area (Å²) in [5, 5.41) is 4.56. The summed E-state index contributed by atoms with van der Waals surface area (Å²) in [5.41, 5.74) is 2.74. The number of fused-ring (bicyclic) bond motifs is 2. The average molecular weight is 388 g/mol. The monoisotopic (exact) mass is 387 g/mol. The predicted octanol–water partition coefficient (Wildman–Crippen LogP) is 4.50. The molecular formula is C20H22ClN3OS. The SMILES string of the molecule is Cc1cc(-c2ccc(Cl)cc2)nc(SCC(=O)N[C@@H]2C[C@H]3CC[C@@H]2C3)n1. The van der Waals surface area contributed by atoms with Gasteiger partial charge in [-0.25, -0.2) is 9.97 Å². The summed E-state index contributed by atoms with van der Waals surface area (Å²) in [5.74, 6) is 1.98. The lowest BCUT2D eigenvalue weighted by Gasteiger charge is -2.22. The molecule has 26 heavy (non-hydrogen) atoms. The van der Waals surface area contributed by atoms with Crippen LogP contribution in [0.4, 0.5) is 0 Å². The fraction of sp³-hybridized carbons (Fsp3) is 0.450. The quantitative estimate of drug-likeness (QED) is 0.606. The number of thioether (sulfide) groups is 1. The standard InChI is InChI=1S/C20H22ClN3OS/c1-12-8-17(14-4-6-16(21)7-5-14)24-20(22-12)26-11-19(25)23-18-10-13-2-3-15(18)9-13/h4-8,13,15,18H,2-3,9-11H2,1H3,(H,23,25)/t13-,15+,18+/m0/s1. The predicted molar refractivity (Wildman–Crippen MR) is 105 cm³/mol. The Morgan fingerprint density at radius 2 is 2.04 bits per heavy atom. The van der Waals surface area contributed by atoms with Gasteiger partial charge < -0.3 is 5.32 Å². The Morgan fingerprint density at radius 1 is 1.23 bits per heavy atom. The zero-order valence-corrected chi connectivity index (χ0v) is 16.3. The van der Waals surface area contributed by atoms with Crippen LogP contribution in [0.5, 0.6) is 0 Å². The van der Waals surface area contributed by atoms with E-state index >= 15 is 0 Å². The second-order valence-electron chi connectivity index (χ2n) is 7.32. The van der Waals surface area contributed by atoms with Crippen molar-refractivity contribution in [1.29, 1.82) is 0 Å². The normalized spacial score (nSPS) is 24.0. The van der Waals surface area contributed by atoms with Crippen molar-refractivity contribution in [3.05, 3.63) is 41.0 Å². The number of carbonyl (C=O) groups is 1. The van der Waals surface area contributed by atoms with Gasteiger partial charge in [-0.2, -0.15) is 0 Å². The molecule has 2 aliphatic carbocycles. The van der Waals surface area contributed by atoms with Crippen LogP contribution in [0, 0.1) is 18.8 Å². The van der Waals surface area contributed by atoms with Crippen molar-refractivity contribution in [2.24, 2.45) is 11.8 Å². The van der Waals surface area contributed by atoms with E-state index in [4.69, 9.17) is 11.6 Å². The second-order valence-corrected chi connectivity index (χ2v) is 8.70. The van der Waals surface area contributed by atoms with Crippen LogP contribution in [0.15, 0.2) is 35.5 Å². The molecule has 0 radical (unpaired) electrons. The molecule has 0 aliphatic heterocycles. The van der Waals surface area contributed by atoms with Crippen LogP contribution in [0.25, 0.3) is 11.3 Å². The zero-order chi connectivity index (χ0) is 18.1. The number of nitrogens with one attached hydrogen (secondary N) is 1. The molecule has 0 unspecified atom stereocenters. The molecule has 3 atom stereocenters. The maximum absolute atomic E-state index is 12.3. The zero-order valence-electron chi connectivity index (χ0n) is 14.7. The molecule has 2 aliphatic rings. The van der Waals surface area contributed by atoms with Crippen LogP contribution in [-0.2, 0) is 4.79 Å². The Balaban J connectivity index is 1.38. The van der Waals surface area contributed by atoms with E-state index in [0.29, 0.717) is 27.9 Å². The van der Waals surface area contributed by atoms with Crippen molar-refractivity contribution in [3.8, 4) is 11.3 Å². The van der Waals surface area contributed by atoms with Crippen LogP contribution in [0.3, 0.4) is 0 Å². The third-order valence-corrected chi connectivity index (χ3v) is 6.49. The minimum atomic E-state index is 0.0886. The highest BCUT2D eigenvalue weighted by molar-refractivity contribution is 7.99. The number of rotatable bonds is 5. The van der Waals surface area contributed by atoms with Gasteiger partial charge in [-0.15, -0.1) is 0 Å². The third kappa shape index (κ3) is 4.04. The Bertz CT molecular complexity index is 811. The topological polar surface area (TPSA) is 54.9 Å². The highest BCUT2D eigenvalue weighted by atomic mass is 35.5. The summed E-state index contributed by atoms with van der Waals surface area (Å²) in [6.45, 7) is 1.94. The van der Waals surface area contributed by atoms with Gasteiger partial charge in [0.05, 0.1) is 11.4 Å². The van der Waals surface area contributed by atoms with E-state index in [9.17, 15) is 4.79 Å². The van der Waals surface area contributed by atoms with Crippen molar-refractivity contribution in [2.45, 2.75) is 43.8 Å². The number of aryl methyl sites for hydroxylation is 1. The molecule has 0 saturated heterocycles. The number of nitrogens with zero attached hydrogens (tertiary/aromatic N) is 2. The van der Waals surface area contributed by atoms with Crippen LogP contribution in [0.1, 0.15) is 31.4 Å². The molecule has 1 aromatic carbocycles. The van der Waals surface area contributed by atoms with Gasteiger partial charge in [0.1, 0.15) is 0 Å². The van der Waals surface area contributed by atoms with Crippen molar-refractivity contribution < 1.29 is 4.79 Å². The van der Waals surface area contributed by atoms with Gasteiger partial charge in [0.2, 0.25) is 5.91 Å². The number of carbonyl (C=O) groups excluding carboxylic acids is 1. The maximum Gasteiger partial charge on any atom is 0.230 e. The summed E-state index contributed by atoms with van der Waals surface area (Å²) in [6.07, 6.45) is 5.07. The van der Waals surface area contributed by atoms with Crippen LogP contribution in [0.2, 0.25) is 5.02 Å². The Labute approximate surface area is 163 Å². The lowest BCUT2D eigenvalue weighted by molar-refractivity contribution is -0.119. The summed E-state index contributed by atoms with van der Waals surface area (Å²) in [6, 6.07) is 9.92. The molecule has 4 nitrogen and oxygen atoms in total. The number of hydrogen-bond donors (Lipinski definition) is 1. The first-order valence-corrected chi connectivity index (χ1v) is 10.5. The van der Waals surface area contributed by atoms with Gasteiger partial charge in [0.25, 0.3) is 0 Å². The average Bonchev–Trinajstić information content (AvgIpc) is 3.23. The van der Waals surface area contributed by atoms with Crippen LogP contribution < -0.4 is 5.32 Å². The van der Waals surface area contributed by atoms with E-state index in [1.165, 1.54) is 31.0 Å². The molecule has 2 bridgehead atoms. The Morgan fingerprint density at radius 3 is 2.73 bits per heavy atom. The van der Waals surface area contributed by atoms with Crippen molar-refractivity contribution in [3.63, 3.8) is 0 Å². The molecule has 1 heterocycles. The van der Waals surface area contributed by atoms with E-state index in [1.807, 2.05) is 37.3 Å². The summed E-state index contributed by atoms with van der Waals surface area (Å²) < 4.78 is 0. The van der Waals surface area contributed by atoms with E-state index < -0.39 is 0 Å². The molecule has 6 heteroatoms. The molecule has 1 aromatic heterocycles. The van der Waals surface area contributed by atoms with Gasteiger partial charge in [-0.05, 0) is 56.2 Å². The summed E-state index contributed by atoms with van der Waals surface area (Å²) >= 11 is 7.36. The smallest absolute Gasteiger partial charge is 0.230 e. The molecule has 4 rings (SSSR count). The molecule has 2 fully saturated rings. The molecule has 0 spiro atoms.